The molecular weight excluding hydrogens is 210 g/mol. The molecule has 1 heterocycles. The summed E-state index contributed by atoms with van der Waals surface area (Å²) in [6, 6.07) is 10.7. The highest BCUT2D eigenvalue weighted by Crippen LogP contribution is 2.34. The van der Waals surface area contributed by atoms with Crippen molar-refractivity contribution in [1.29, 1.82) is 0 Å². The lowest BCUT2D eigenvalue weighted by Crippen LogP contribution is -2.46. The lowest BCUT2D eigenvalue weighted by molar-refractivity contribution is -0.146. The zero-order valence-corrected chi connectivity index (χ0v) is 10.6. The van der Waals surface area contributed by atoms with Crippen LogP contribution in [0.3, 0.4) is 0 Å². The number of hydrogen-bond acceptors (Lipinski definition) is 1. The van der Waals surface area contributed by atoms with E-state index in [4.69, 9.17) is 0 Å². The minimum atomic E-state index is 0.315. The van der Waals surface area contributed by atoms with Crippen LogP contribution in [0, 0.1) is 0 Å². The molecule has 0 spiro atoms. The molecule has 1 fully saturated rings. The summed E-state index contributed by atoms with van der Waals surface area (Å²) in [5.41, 5.74) is 1.28. The van der Waals surface area contributed by atoms with Gasteiger partial charge < -0.3 is 4.90 Å². The summed E-state index contributed by atoms with van der Waals surface area (Å²) in [5.74, 6) is 0.315. The van der Waals surface area contributed by atoms with Crippen molar-refractivity contribution in [2.45, 2.75) is 45.1 Å². The van der Waals surface area contributed by atoms with E-state index in [-0.39, 0.29) is 0 Å². The fourth-order valence-electron chi connectivity index (χ4n) is 2.42. The number of carbonyl (C=O) groups excluding carboxylic acids is 1. The Hall–Kier alpha value is -1.31. The highest BCUT2D eigenvalue weighted by Gasteiger charge is 2.36. The summed E-state index contributed by atoms with van der Waals surface area (Å²) < 4.78 is 0. The SMILES string of the molecule is CCCCCCN1C(=O)CC1c1ccccc1. The first-order chi connectivity index (χ1) is 8.33. The van der Waals surface area contributed by atoms with E-state index >= 15 is 0 Å². The van der Waals surface area contributed by atoms with Gasteiger partial charge in [0.15, 0.2) is 0 Å². The summed E-state index contributed by atoms with van der Waals surface area (Å²) in [5, 5.41) is 0. The Morgan fingerprint density at radius 2 is 1.94 bits per heavy atom. The predicted octanol–water partition coefficient (Wildman–Crippen LogP) is 3.54. The molecule has 1 aromatic carbocycles. The van der Waals surface area contributed by atoms with Crippen molar-refractivity contribution in [1.82, 2.24) is 4.90 Å². The van der Waals surface area contributed by atoms with Crippen LogP contribution in [0.25, 0.3) is 0 Å². The summed E-state index contributed by atoms with van der Waals surface area (Å²) in [4.78, 5) is 13.6. The first kappa shape index (κ1) is 12.2. The average Bonchev–Trinajstić information content (AvgIpc) is 2.36. The van der Waals surface area contributed by atoms with Crippen molar-refractivity contribution in [2.24, 2.45) is 0 Å². The summed E-state index contributed by atoms with van der Waals surface area (Å²) in [6.07, 6.45) is 5.59. The van der Waals surface area contributed by atoms with Gasteiger partial charge >= 0.3 is 0 Å². The van der Waals surface area contributed by atoms with Crippen molar-refractivity contribution >= 4 is 5.91 Å². The van der Waals surface area contributed by atoms with Crippen LogP contribution in [0.2, 0.25) is 0 Å². The Kier molecular flexibility index (Phi) is 4.18. The van der Waals surface area contributed by atoms with E-state index in [1.165, 1.54) is 24.8 Å². The number of rotatable bonds is 6. The Bertz CT molecular complexity index is 360. The second-order valence-electron chi connectivity index (χ2n) is 4.78. The number of benzene rings is 1. The Morgan fingerprint density at radius 1 is 1.18 bits per heavy atom. The molecule has 1 unspecified atom stereocenters. The van der Waals surface area contributed by atoms with Gasteiger partial charge in [-0.05, 0) is 12.0 Å². The van der Waals surface area contributed by atoms with E-state index in [1.54, 1.807) is 0 Å². The van der Waals surface area contributed by atoms with Crippen LogP contribution < -0.4 is 0 Å². The van der Waals surface area contributed by atoms with Crippen LogP contribution in [0.15, 0.2) is 30.3 Å². The van der Waals surface area contributed by atoms with Crippen LogP contribution >= 0.6 is 0 Å². The Labute approximate surface area is 104 Å². The van der Waals surface area contributed by atoms with Gasteiger partial charge in [0.05, 0.1) is 12.5 Å². The summed E-state index contributed by atoms with van der Waals surface area (Å²) in [6.45, 7) is 3.14. The number of unbranched alkanes of at least 4 members (excludes halogenated alkanes) is 3. The van der Waals surface area contributed by atoms with Gasteiger partial charge in [-0.2, -0.15) is 0 Å². The summed E-state index contributed by atoms with van der Waals surface area (Å²) >= 11 is 0. The van der Waals surface area contributed by atoms with Gasteiger partial charge in [0.2, 0.25) is 5.91 Å². The van der Waals surface area contributed by atoms with Gasteiger partial charge in [-0.25, -0.2) is 0 Å². The fourth-order valence-corrected chi connectivity index (χ4v) is 2.42. The van der Waals surface area contributed by atoms with Gasteiger partial charge in [0, 0.05) is 6.54 Å². The Morgan fingerprint density at radius 3 is 2.59 bits per heavy atom. The standard InChI is InChI=1S/C15H21NO/c1-2-3-4-8-11-16-14(12-15(16)17)13-9-6-5-7-10-13/h5-7,9-10,14H,2-4,8,11-12H2,1H3. The third-order valence-electron chi connectivity index (χ3n) is 3.50. The van der Waals surface area contributed by atoms with Crippen molar-refractivity contribution in [3.63, 3.8) is 0 Å². The molecule has 1 saturated heterocycles. The maximum atomic E-state index is 11.6. The minimum Gasteiger partial charge on any atom is -0.335 e. The van der Waals surface area contributed by atoms with Crippen molar-refractivity contribution in [3.8, 4) is 0 Å². The van der Waals surface area contributed by atoms with E-state index < -0.39 is 0 Å². The Balaban J connectivity index is 1.86. The molecular formula is C15H21NO. The van der Waals surface area contributed by atoms with E-state index in [1.807, 2.05) is 23.1 Å². The molecule has 0 aromatic heterocycles. The number of β-lactam (4-membered cyclic amide) rings is 1. The van der Waals surface area contributed by atoms with Gasteiger partial charge in [-0.3, -0.25) is 4.79 Å². The quantitative estimate of drug-likeness (QED) is 0.541. The average molecular weight is 231 g/mol. The van der Waals surface area contributed by atoms with Crippen LogP contribution in [0.5, 0.6) is 0 Å². The lowest BCUT2D eigenvalue weighted by Gasteiger charge is -2.41. The highest BCUT2D eigenvalue weighted by molar-refractivity contribution is 5.83. The second-order valence-corrected chi connectivity index (χ2v) is 4.78. The molecule has 1 aliphatic rings. The number of carbonyl (C=O) groups is 1. The first-order valence-electron chi connectivity index (χ1n) is 6.67. The van der Waals surface area contributed by atoms with Crippen molar-refractivity contribution in [3.05, 3.63) is 35.9 Å². The molecule has 92 valence electrons. The molecule has 0 aliphatic carbocycles. The molecule has 0 bridgehead atoms. The van der Waals surface area contributed by atoms with E-state index in [0.29, 0.717) is 18.4 Å². The van der Waals surface area contributed by atoms with Gasteiger partial charge in [-0.15, -0.1) is 0 Å². The van der Waals surface area contributed by atoms with E-state index in [2.05, 4.69) is 19.1 Å². The van der Waals surface area contributed by atoms with Gasteiger partial charge in [-0.1, -0.05) is 56.5 Å². The largest absolute Gasteiger partial charge is 0.335 e. The molecule has 1 atom stereocenters. The first-order valence-corrected chi connectivity index (χ1v) is 6.67. The maximum absolute atomic E-state index is 11.6. The minimum absolute atomic E-state index is 0.315. The molecule has 1 aliphatic heterocycles. The monoisotopic (exact) mass is 231 g/mol. The fraction of sp³-hybridized carbons (Fsp3) is 0.533. The topological polar surface area (TPSA) is 20.3 Å². The zero-order valence-electron chi connectivity index (χ0n) is 10.6. The molecule has 2 rings (SSSR count). The van der Waals surface area contributed by atoms with Gasteiger partial charge in [0.25, 0.3) is 0 Å². The van der Waals surface area contributed by atoms with Crippen LogP contribution in [0.1, 0.15) is 50.6 Å². The maximum Gasteiger partial charge on any atom is 0.225 e. The molecule has 1 aromatic rings. The number of amides is 1. The molecule has 17 heavy (non-hydrogen) atoms. The molecule has 0 saturated carbocycles. The van der Waals surface area contributed by atoms with Crippen LogP contribution in [0.4, 0.5) is 0 Å². The van der Waals surface area contributed by atoms with Gasteiger partial charge in [0.1, 0.15) is 0 Å². The highest BCUT2D eigenvalue weighted by atomic mass is 16.2. The van der Waals surface area contributed by atoms with Crippen molar-refractivity contribution < 1.29 is 4.79 Å². The zero-order chi connectivity index (χ0) is 12.1. The third kappa shape index (κ3) is 2.87. The second kappa shape index (κ2) is 5.85. The third-order valence-corrected chi connectivity index (χ3v) is 3.50. The predicted molar refractivity (Wildman–Crippen MR) is 69.7 cm³/mol. The summed E-state index contributed by atoms with van der Waals surface area (Å²) in [7, 11) is 0. The smallest absolute Gasteiger partial charge is 0.225 e. The number of hydrogen-bond donors (Lipinski definition) is 0. The normalized spacial score (nSPS) is 19.2. The molecule has 2 heteroatoms. The molecule has 2 nitrogen and oxygen atoms in total. The lowest BCUT2D eigenvalue weighted by atomic mass is 9.93. The van der Waals surface area contributed by atoms with Crippen LogP contribution in [-0.2, 0) is 4.79 Å². The van der Waals surface area contributed by atoms with E-state index in [0.717, 1.165) is 13.0 Å². The molecule has 0 N–H and O–H groups in total. The number of nitrogens with zero attached hydrogens (tertiary/aromatic N) is 1. The van der Waals surface area contributed by atoms with Crippen molar-refractivity contribution in [2.75, 3.05) is 6.54 Å². The molecule has 0 radical (unpaired) electrons. The van der Waals surface area contributed by atoms with E-state index in [9.17, 15) is 4.79 Å². The van der Waals surface area contributed by atoms with Crippen LogP contribution in [-0.4, -0.2) is 17.4 Å². The molecule has 1 amide bonds. The number of likely N-dealkylation sites (tertiary alicyclic amines) is 1.